The van der Waals surface area contributed by atoms with Crippen molar-refractivity contribution in [3.8, 4) is 0 Å². The number of fused-ring (bicyclic) bond motifs is 2. The van der Waals surface area contributed by atoms with Gasteiger partial charge >= 0.3 is 0 Å². The van der Waals surface area contributed by atoms with E-state index in [0.29, 0.717) is 0 Å². The zero-order valence-corrected chi connectivity index (χ0v) is 15.4. The number of hydrogen-bond acceptors (Lipinski definition) is 9. The van der Waals surface area contributed by atoms with Gasteiger partial charge in [-0.15, -0.1) is 0 Å². The number of rotatable bonds is 4. The average molecular weight is 389 g/mol. The minimum atomic E-state index is 0.730. The molecule has 4 heterocycles. The number of pyridine rings is 1. The molecule has 0 fully saturated rings. The molecule has 9 heteroatoms. The van der Waals surface area contributed by atoms with Crippen LogP contribution in [0.5, 0.6) is 0 Å². The zero-order valence-electron chi connectivity index (χ0n) is 13.8. The van der Waals surface area contributed by atoms with Gasteiger partial charge < -0.3 is 5.32 Å². The topological polar surface area (TPSA) is 89.4 Å². The normalized spacial score (nSPS) is 11.1. The molecule has 0 aliphatic carbocycles. The van der Waals surface area contributed by atoms with Gasteiger partial charge in [0.1, 0.15) is 27.5 Å². The first-order valence-corrected chi connectivity index (χ1v) is 9.66. The molecule has 5 rings (SSSR count). The molecule has 0 saturated heterocycles. The van der Waals surface area contributed by atoms with Gasteiger partial charge in [-0.3, -0.25) is 4.98 Å². The molecular weight excluding hydrogens is 378 g/mol. The Hall–Kier alpha value is -3.17. The maximum absolute atomic E-state index is 4.65. The number of nitrogens with zero attached hydrogens (tertiary/aromatic N) is 6. The fraction of sp³-hybridized carbons (Fsp3) is 0. The smallest absolute Gasteiger partial charge is 0.190 e. The fourth-order valence-corrected chi connectivity index (χ4v) is 4.11. The Bertz CT molecular complexity index is 1240. The summed E-state index contributed by atoms with van der Waals surface area (Å²) in [6.45, 7) is 0. The second-order valence-electron chi connectivity index (χ2n) is 5.52. The van der Waals surface area contributed by atoms with E-state index in [2.05, 4.69) is 35.2 Å². The van der Waals surface area contributed by atoms with Gasteiger partial charge in [0.25, 0.3) is 0 Å². The Morgan fingerprint density at radius 1 is 0.926 bits per heavy atom. The van der Waals surface area contributed by atoms with E-state index in [1.165, 1.54) is 23.1 Å². The van der Waals surface area contributed by atoms with Crippen molar-refractivity contribution >= 4 is 55.3 Å². The van der Waals surface area contributed by atoms with Crippen molar-refractivity contribution in [2.24, 2.45) is 0 Å². The molecule has 27 heavy (non-hydrogen) atoms. The van der Waals surface area contributed by atoms with Crippen LogP contribution >= 0.6 is 23.1 Å². The third-order valence-electron chi connectivity index (χ3n) is 3.75. The second kappa shape index (κ2) is 6.86. The highest BCUT2D eigenvalue weighted by Crippen LogP contribution is 2.32. The van der Waals surface area contributed by atoms with Crippen LogP contribution in [0.3, 0.4) is 0 Å². The third kappa shape index (κ3) is 3.29. The predicted octanol–water partition coefficient (Wildman–Crippen LogP) is 4.32. The first-order chi connectivity index (χ1) is 13.3. The van der Waals surface area contributed by atoms with E-state index in [9.17, 15) is 0 Å². The largest absolute Gasteiger partial charge is 0.316 e. The molecule has 0 unspecified atom stereocenters. The van der Waals surface area contributed by atoms with Crippen LogP contribution in [-0.4, -0.2) is 29.9 Å². The van der Waals surface area contributed by atoms with Gasteiger partial charge in [-0.25, -0.2) is 24.9 Å². The highest BCUT2D eigenvalue weighted by Gasteiger charge is 2.10. The maximum Gasteiger partial charge on any atom is 0.190 e. The van der Waals surface area contributed by atoms with Gasteiger partial charge in [-0.05, 0) is 18.2 Å². The Balaban J connectivity index is 1.46. The molecule has 130 valence electrons. The quantitative estimate of drug-likeness (QED) is 0.486. The van der Waals surface area contributed by atoms with Gasteiger partial charge in [0.2, 0.25) is 0 Å². The minimum absolute atomic E-state index is 0.730. The number of hydrogen-bond donors (Lipinski definition) is 1. The first kappa shape index (κ1) is 16.0. The van der Waals surface area contributed by atoms with E-state index in [1.807, 2.05) is 36.5 Å². The molecular formula is C18H11N7S2. The SMILES string of the molecule is c1ccc2c(Nc3nc4cc(Sc5cnccn5)cnc4s3)ncnc2c1. The first-order valence-electron chi connectivity index (χ1n) is 8.02. The van der Waals surface area contributed by atoms with E-state index in [0.717, 1.165) is 42.1 Å². The Morgan fingerprint density at radius 3 is 2.81 bits per heavy atom. The second-order valence-corrected chi connectivity index (χ2v) is 7.60. The maximum atomic E-state index is 4.65. The highest BCUT2D eigenvalue weighted by molar-refractivity contribution is 7.99. The summed E-state index contributed by atoms with van der Waals surface area (Å²) in [4.78, 5) is 28.0. The molecule has 7 nitrogen and oxygen atoms in total. The molecule has 0 bridgehead atoms. The summed E-state index contributed by atoms with van der Waals surface area (Å²) in [5, 5.41) is 5.80. The molecule has 5 aromatic rings. The van der Waals surface area contributed by atoms with Crippen molar-refractivity contribution in [2.45, 2.75) is 9.92 Å². The number of thiazole rings is 1. The van der Waals surface area contributed by atoms with Crippen molar-refractivity contribution in [3.05, 3.63) is 61.4 Å². The molecule has 0 atom stereocenters. The number of nitrogens with one attached hydrogen (secondary N) is 1. The Labute approximate surface area is 162 Å². The Morgan fingerprint density at radius 2 is 1.89 bits per heavy atom. The lowest BCUT2D eigenvalue weighted by Gasteiger charge is -2.04. The van der Waals surface area contributed by atoms with Crippen LogP contribution in [-0.2, 0) is 0 Å². The van der Waals surface area contributed by atoms with Gasteiger partial charge in [0.15, 0.2) is 5.13 Å². The number of aromatic nitrogens is 6. The van der Waals surface area contributed by atoms with Crippen LogP contribution in [0.15, 0.2) is 71.4 Å². The van der Waals surface area contributed by atoms with E-state index in [-0.39, 0.29) is 0 Å². The van der Waals surface area contributed by atoms with Gasteiger partial charge in [0.05, 0.1) is 11.7 Å². The fourth-order valence-electron chi connectivity index (χ4n) is 2.58. The molecule has 1 N–H and O–H groups in total. The summed E-state index contributed by atoms with van der Waals surface area (Å²) in [5.41, 5.74) is 1.71. The van der Waals surface area contributed by atoms with Crippen LogP contribution < -0.4 is 5.32 Å². The number of benzene rings is 1. The summed E-state index contributed by atoms with van der Waals surface area (Å²) >= 11 is 2.99. The van der Waals surface area contributed by atoms with Gasteiger partial charge in [0, 0.05) is 28.9 Å². The predicted molar refractivity (Wildman–Crippen MR) is 106 cm³/mol. The molecule has 4 aromatic heterocycles. The standard InChI is InChI=1S/C18H11N7S2/c1-2-4-13-12(3-1)16(23-10-22-13)25-18-24-14-7-11(8-21-17(14)27-18)26-15-9-19-5-6-20-15/h1-10H,(H,22,23,24,25). The van der Waals surface area contributed by atoms with Crippen molar-refractivity contribution in [1.82, 2.24) is 29.9 Å². The van der Waals surface area contributed by atoms with Crippen LogP contribution in [0, 0.1) is 0 Å². The summed E-state index contributed by atoms with van der Waals surface area (Å²) in [6.07, 6.45) is 8.42. The number of anilines is 2. The summed E-state index contributed by atoms with van der Waals surface area (Å²) < 4.78 is 0. The third-order valence-corrected chi connectivity index (χ3v) is 5.53. The van der Waals surface area contributed by atoms with Gasteiger partial charge in [-0.1, -0.05) is 35.2 Å². The van der Waals surface area contributed by atoms with E-state index in [4.69, 9.17) is 0 Å². The van der Waals surface area contributed by atoms with Crippen LogP contribution in [0.4, 0.5) is 10.9 Å². The minimum Gasteiger partial charge on any atom is -0.316 e. The van der Waals surface area contributed by atoms with Crippen LogP contribution in [0.2, 0.25) is 0 Å². The van der Waals surface area contributed by atoms with Crippen molar-refractivity contribution < 1.29 is 0 Å². The molecule has 0 saturated carbocycles. The lowest BCUT2D eigenvalue weighted by molar-refractivity contribution is 1.05. The zero-order chi connectivity index (χ0) is 18.1. The molecule has 0 amide bonds. The average Bonchev–Trinajstić information content (AvgIpc) is 3.11. The molecule has 0 aliphatic rings. The summed E-state index contributed by atoms with van der Waals surface area (Å²) in [5.74, 6) is 0.730. The van der Waals surface area contributed by atoms with Crippen LogP contribution in [0.25, 0.3) is 21.3 Å². The molecule has 0 spiro atoms. The van der Waals surface area contributed by atoms with E-state index < -0.39 is 0 Å². The van der Waals surface area contributed by atoms with Crippen molar-refractivity contribution in [3.63, 3.8) is 0 Å². The summed E-state index contributed by atoms with van der Waals surface area (Å²) in [7, 11) is 0. The molecule has 0 aliphatic heterocycles. The monoisotopic (exact) mass is 389 g/mol. The lowest BCUT2D eigenvalue weighted by Crippen LogP contribution is -1.95. The van der Waals surface area contributed by atoms with Crippen molar-refractivity contribution in [1.29, 1.82) is 0 Å². The molecule has 0 radical (unpaired) electrons. The van der Waals surface area contributed by atoms with E-state index >= 15 is 0 Å². The van der Waals surface area contributed by atoms with E-state index in [1.54, 1.807) is 24.9 Å². The van der Waals surface area contributed by atoms with Crippen LogP contribution in [0.1, 0.15) is 0 Å². The summed E-state index contributed by atoms with van der Waals surface area (Å²) in [6, 6.07) is 9.86. The Kier molecular flexibility index (Phi) is 4.07. The van der Waals surface area contributed by atoms with Crippen molar-refractivity contribution in [2.75, 3.05) is 5.32 Å². The van der Waals surface area contributed by atoms with Gasteiger partial charge in [-0.2, -0.15) is 0 Å². The number of para-hydroxylation sites is 1. The lowest BCUT2D eigenvalue weighted by atomic mass is 10.2. The highest BCUT2D eigenvalue weighted by atomic mass is 32.2. The molecule has 1 aromatic carbocycles.